The van der Waals surface area contributed by atoms with Gasteiger partial charge in [0.2, 0.25) is 5.91 Å². The topological polar surface area (TPSA) is 75.6 Å². The van der Waals surface area contributed by atoms with E-state index in [4.69, 9.17) is 9.84 Å². The summed E-state index contributed by atoms with van der Waals surface area (Å²) < 4.78 is 5.28. The minimum absolute atomic E-state index is 0.437. The molecule has 1 rings (SSSR count). The molecule has 0 aliphatic rings. The highest BCUT2D eigenvalue weighted by molar-refractivity contribution is 9.12. The van der Waals surface area contributed by atoms with Gasteiger partial charge in [-0.2, -0.15) is 0 Å². The Bertz CT molecular complexity index is 450. The van der Waals surface area contributed by atoms with Gasteiger partial charge in [0.1, 0.15) is 15.4 Å². The Morgan fingerprint density at radius 2 is 1.84 bits per heavy atom. The molecule has 1 aromatic rings. The van der Waals surface area contributed by atoms with Crippen molar-refractivity contribution in [1.82, 2.24) is 0 Å². The van der Waals surface area contributed by atoms with E-state index in [2.05, 4.69) is 37.2 Å². The number of rotatable bonds is 6. The molecule has 0 saturated carbocycles. The molecule has 0 heterocycles. The molecule has 0 saturated heterocycles. The minimum Gasteiger partial charge on any atom is -0.494 e. The zero-order valence-electron chi connectivity index (χ0n) is 10.1. The number of benzene rings is 1. The fourth-order valence-corrected chi connectivity index (χ4v) is 1.85. The number of aliphatic carboxylic acids is 1. The van der Waals surface area contributed by atoms with Crippen LogP contribution >= 0.6 is 31.9 Å². The second-order valence-corrected chi connectivity index (χ2v) is 5.56. The maximum atomic E-state index is 11.8. The maximum absolute atomic E-state index is 11.8. The second kappa shape index (κ2) is 7.49. The van der Waals surface area contributed by atoms with E-state index in [0.29, 0.717) is 18.0 Å². The third-order valence-electron chi connectivity index (χ3n) is 2.18. The van der Waals surface area contributed by atoms with E-state index < -0.39 is 21.5 Å². The molecular formula is C12H13Br2NO4. The molecule has 2 N–H and O–H groups in total. The summed E-state index contributed by atoms with van der Waals surface area (Å²) in [5, 5.41) is 11.4. The van der Waals surface area contributed by atoms with Crippen LogP contribution in [0.5, 0.6) is 5.75 Å². The quantitative estimate of drug-likeness (QED) is 0.727. The number of ether oxygens (including phenoxy) is 1. The van der Waals surface area contributed by atoms with E-state index in [-0.39, 0.29) is 0 Å². The zero-order valence-corrected chi connectivity index (χ0v) is 13.3. The van der Waals surface area contributed by atoms with Gasteiger partial charge in [-0.25, -0.2) is 0 Å². The largest absolute Gasteiger partial charge is 0.494 e. The van der Waals surface area contributed by atoms with Crippen molar-refractivity contribution in [2.75, 3.05) is 11.9 Å². The lowest BCUT2D eigenvalue weighted by Crippen LogP contribution is -2.34. The molecule has 0 aliphatic heterocycles. The van der Waals surface area contributed by atoms with Crippen molar-refractivity contribution in [3.05, 3.63) is 24.3 Å². The van der Waals surface area contributed by atoms with Crippen LogP contribution in [0.4, 0.5) is 5.69 Å². The highest BCUT2D eigenvalue weighted by Gasteiger charge is 2.29. The van der Waals surface area contributed by atoms with Gasteiger partial charge in [-0.1, -0.05) is 31.9 Å². The summed E-state index contributed by atoms with van der Waals surface area (Å²) in [5.74, 6) is -0.836. The van der Waals surface area contributed by atoms with Crippen molar-refractivity contribution >= 4 is 49.4 Å². The Morgan fingerprint density at radius 3 is 2.32 bits per heavy atom. The fourth-order valence-electron chi connectivity index (χ4n) is 1.27. The molecule has 2 atom stereocenters. The first kappa shape index (κ1) is 16.0. The molecule has 0 radical (unpaired) electrons. The summed E-state index contributed by atoms with van der Waals surface area (Å²) in [4.78, 5) is 20.7. The van der Waals surface area contributed by atoms with Gasteiger partial charge in [-0.15, -0.1) is 0 Å². The van der Waals surface area contributed by atoms with Crippen molar-refractivity contribution in [2.24, 2.45) is 0 Å². The molecule has 104 valence electrons. The highest BCUT2D eigenvalue weighted by Crippen LogP contribution is 2.19. The standard InChI is InChI=1S/C12H13Br2NO4/c1-2-19-8-5-3-7(4-6-8)15-11(16)9(13)10(14)12(17)18/h3-6,9-10H,2H2,1H3,(H,15,16)(H,17,18)/t9-,10+/m1/s1. The third-order valence-corrected chi connectivity index (χ3v) is 4.75. The van der Waals surface area contributed by atoms with Crippen LogP contribution in [0.25, 0.3) is 0 Å². The van der Waals surface area contributed by atoms with Crippen molar-refractivity contribution in [3.63, 3.8) is 0 Å². The summed E-state index contributed by atoms with van der Waals surface area (Å²) in [6, 6.07) is 6.83. The average molecular weight is 395 g/mol. The van der Waals surface area contributed by atoms with Crippen LogP contribution in [0.2, 0.25) is 0 Å². The second-order valence-electron chi connectivity index (χ2n) is 3.59. The number of carbonyl (C=O) groups excluding carboxylic acids is 1. The number of carbonyl (C=O) groups is 2. The summed E-state index contributed by atoms with van der Waals surface area (Å²) in [7, 11) is 0. The predicted molar refractivity (Wildman–Crippen MR) is 79.3 cm³/mol. The summed E-state index contributed by atoms with van der Waals surface area (Å²) in [6.45, 7) is 2.45. The molecule has 1 amide bonds. The molecule has 5 nitrogen and oxygen atoms in total. The van der Waals surface area contributed by atoms with Crippen molar-refractivity contribution in [2.45, 2.75) is 16.6 Å². The summed E-state index contributed by atoms with van der Waals surface area (Å²) in [5.41, 5.74) is 0.572. The van der Waals surface area contributed by atoms with Crippen molar-refractivity contribution in [3.8, 4) is 5.75 Å². The molecular weight excluding hydrogens is 382 g/mol. The Morgan fingerprint density at radius 1 is 1.26 bits per heavy atom. The van der Waals surface area contributed by atoms with Crippen molar-refractivity contribution in [1.29, 1.82) is 0 Å². The van der Waals surface area contributed by atoms with Crippen LogP contribution in [0.1, 0.15) is 6.92 Å². The van der Waals surface area contributed by atoms with Crippen LogP contribution < -0.4 is 10.1 Å². The number of anilines is 1. The number of amides is 1. The van der Waals surface area contributed by atoms with Crippen LogP contribution in [0, 0.1) is 0 Å². The summed E-state index contributed by atoms with van der Waals surface area (Å²) in [6.07, 6.45) is 0. The molecule has 7 heteroatoms. The zero-order chi connectivity index (χ0) is 14.4. The Kier molecular flexibility index (Phi) is 6.30. The third kappa shape index (κ3) is 4.83. The first-order valence-corrected chi connectivity index (χ1v) is 7.33. The van der Waals surface area contributed by atoms with E-state index in [9.17, 15) is 9.59 Å². The average Bonchev–Trinajstić information content (AvgIpc) is 2.39. The molecule has 0 bridgehead atoms. The molecule has 19 heavy (non-hydrogen) atoms. The van der Waals surface area contributed by atoms with Gasteiger partial charge in [-0.05, 0) is 31.2 Å². The first-order valence-electron chi connectivity index (χ1n) is 5.50. The monoisotopic (exact) mass is 393 g/mol. The Hall–Kier alpha value is -1.08. The normalized spacial score (nSPS) is 13.4. The van der Waals surface area contributed by atoms with E-state index in [1.165, 1.54) is 0 Å². The first-order chi connectivity index (χ1) is 8.95. The van der Waals surface area contributed by atoms with Gasteiger partial charge < -0.3 is 15.2 Å². The van der Waals surface area contributed by atoms with E-state index >= 15 is 0 Å². The predicted octanol–water partition coefficient (Wildman–Crippen LogP) is 2.64. The highest BCUT2D eigenvalue weighted by atomic mass is 79.9. The van der Waals surface area contributed by atoms with Gasteiger partial charge in [0, 0.05) is 5.69 Å². The van der Waals surface area contributed by atoms with Gasteiger partial charge in [0.25, 0.3) is 0 Å². The number of carboxylic acids is 1. The van der Waals surface area contributed by atoms with Gasteiger partial charge in [0.05, 0.1) is 6.61 Å². The molecule has 1 aromatic carbocycles. The molecule has 0 aromatic heterocycles. The van der Waals surface area contributed by atoms with E-state index in [1.54, 1.807) is 24.3 Å². The number of hydrogen-bond donors (Lipinski definition) is 2. The maximum Gasteiger partial charge on any atom is 0.318 e. The lowest BCUT2D eigenvalue weighted by molar-refractivity contribution is -0.137. The SMILES string of the molecule is CCOc1ccc(NC(=O)[C@H](Br)[C@H](Br)C(=O)O)cc1. The van der Waals surface area contributed by atoms with Crippen LogP contribution in [-0.2, 0) is 9.59 Å². The van der Waals surface area contributed by atoms with Crippen LogP contribution in [0.3, 0.4) is 0 Å². The number of hydrogen-bond acceptors (Lipinski definition) is 3. The van der Waals surface area contributed by atoms with Crippen molar-refractivity contribution < 1.29 is 19.4 Å². The molecule has 0 aliphatic carbocycles. The molecule has 0 spiro atoms. The van der Waals surface area contributed by atoms with Gasteiger partial charge >= 0.3 is 5.97 Å². The van der Waals surface area contributed by atoms with Gasteiger partial charge in [-0.3, -0.25) is 9.59 Å². The molecule has 0 unspecified atom stereocenters. The van der Waals surface area contributed by atoms with Crippen LogP contribution in [0.15, 0.2) is 24.3 Å². The summed E-state index contributed by atoms with van der Waals surface area (Å²) >= 11 is 5.97. The number of halogens is 2. The lowest BCUT2D eigenvalue weighted by atomic mass is 10.2. The van der Waals surface area contributed by atoms with Gasteiger partial charge in [0.15, 0.2) is 0 Å². The number of nitrogens with one attached hydrogen (secondary N) is 1. The Balaban J connectivity index is 2.63. The fraction of sp³-hybridized carbons (Fsp3) is 0.333. The molecule has 0 fully saturated rings. The number of carboxylic acid groups (broad SMARTS) is 1. The van der Waals surface area contributed by atoms with E-state index in [0.717, 1.165) is 0 Å². The van der Waals surface area contributed by atoms with Crippen LogP contribution in [-0.4, -0.2) is 33.2 Å². The lowest BCUT2D eigenvalue weighted by Gasteiger charge is -2.13. The number of alkyl halides is 2. The Labute approximate surface area is 127 Å². The minimum atomic E-state index is -1.11. The van der Waals surface area contributed by atoms with E-state index in [1.807, 2.05) is 6.92 Å². The smallest absolute Gasteiger partial charge is 0.318 e.